The average Bonchev–Trinajstić information content (AvgIpc) is 3.04. The Balaban J connectivity index is 1.50. The molecule has 2 aliphatic rings. The van der Waals surface area contributed by atoms with Crippen LogP contribution in [0.2, 0.25) is 5.02 Å². The number of benzene rings is 2. The fraction of sp³-hybridized carbons (Fsp3) is 0.350. The number of hydrogen-bond acceptors (Lipinski definition) is 4. The molecule has 0 N–H and O–H groups in total. The highest BCUT2D eigenvalue weighted by Gasteiger charge is 2.41. The predicted octanol–water partition coefficient (Wildman–Crippen LogP) is 3.60. The van der Waals surface area contributed by atoms with Crippen molar-refractivity contribution in [3.8, 4) is 0 Å². The molecule has 2 aliphatic heterocycles. The summed E-state index contributed by atoms with van der Waals surface area (Å²) >= 11 is 9.54. The van der Waals surface area contributed by atoms with Crippen molar-refractivity contribution in [3.05, 3.63) is 57.0 Å². The molecule has 2 aromatic rings. The van der Waals surface area contributed by atoms with Gasteiger partial charge in [-0.3, -0.25) is 4.79 Å². The fourth-order valence-corrected chi connectivity index (χ4v) is 6.26. The summed E-state index contributed by atoms with van der Waals surface area (Å²) in [6, 6.07) is 10.9. The number of nitrogens with zero attached hydrogens (tertiary/aromatic N) is 2. The smallest absolute Gasteiger partial charge is 0.245 e. The minimum atomic E-state index is -3.74. The lowest BCUT2D eigenvalue weighted by Gasteiger charge is -2.38. The first kappa shape index (κ1) is 20.8. The van der Waals surface area contributed by atoms with Gasteiger partial charge in [-0.1, -0.05) is 45.7 Å². The molecule has 0 radical (unpaired) electrons. The van der Waals surface area contributed by atoms with E-state index in [4.69, 9.17) is 16.3 Å². The second-order valence-corrected chi connectivity index (χ2v) is 10.4. The van der Waals surface area contributed by atoms with Crippen molar-refractivity contribution < 1.29 is 17.9 Å². The van der Waals surface area contributed by atoms with Gasteiger partial charge >= 0.3 is 0 Å². The topological polar surface area (TPSA) is 66.9 Å². The van der Waals surface area contributed by atoms with Gasteiger partial charge < -0.3 is 9.64 Å². The van der Waals surface area contributed by atoms with Gasteiger partial charge in [-0.2, -0.15) is 4.31 Å². The average molecular weight is 500 g/mol. The van der Waals surface area contributed by atoms with Crippen molar-refractivity contribution in [2.45, 2.75) is 31.0 Å². The van der Waals surface area contributed by atoms with Crippen LogP contribution in [0, 0.1) is 0 Å². The minimum absolute atomic E-state index is 0.160. The van der Waals surface area contributed by atoms with E-state index in [1.54, 1.807) is 17.0 Å². The van der Waals surface area contributed by atoms with Crippen molar-refractivity contribution in [2.75, 3.05) is 24.5 Å². The molecule has 4 rings (SSSR count). The normalized spacial score (nSPS) is 17.3. The molecular weight excluding hydrogens is 480 g/mol. The van der Waals surface area contributed by atoms with E-state index in [1.807, 2.05) is 24.3 Å². The molecule has 0 saturated carbocycles. The summed E-state index contributed by atoms with van der Waals surface area (Å²) in [5.74, 6) is -0.160. The van der Waals surface area contributed by atoms with Crippen LogP contribution in [-0.2, 0) is 32.6 Å². The van der Waals surface area contributed by atoms with E-state index < -0.39 is 10.0 Å². The van der Waals surface area contributed by atoms with Gasteiger partial charge in [0, 0.05) is 36.1 Å². The standard InChI is InChI=1S/C20H20BrClN2O4S/c1-13(25)24-7-6-14-8-16(21)9-19(20(14)24)29(26,27)23-10-17(11-23)28-12-15-4-2-3-5-18(15)22/h2-5,8-9,17H,6-7,10-12H2,1H3. The molecule has 2 aromatic carbocycles. The molecule has 9 heteroatoms. The van der Waals surface area contributed by atoms with E-state index >= 15 is 0 Å². The first-order valence-electron chi connectivity index (χ1n) is 9.23. The summed E-state index contributed by atoms with van der Waals surface area (Å²) in [6.45, 7) is 2.83. The van der Waals surface area contributed by atoms with E-state index in [0.29, 0.717) is 34.8 Å². The fourth-order valence-electron chi connectivity index (χ4n) is 3.65. The van der Waals surface area contributed by atoms with Crippen LogP contribution < -0.4 is 4.90 Å². The Labute approximate surface area is 183 Å². The number of hydrogen-bond donors (Lipinski definition) is 0. The van der Waals surface area contributed by atoms with E-state index in [2.05, 4.69) is 15.9 Å². The maximum Gasteiger partial charge on any atom is 0.245 e. The Morgan fingerprint density at radius 3 is 2.69 bits per heavy atom. The van der Waals surface area contributed by atoms with Gasteiger partial charge in [0.05, 0.1) is 18.4 Å². The van der Waals surface area contributed by atoms with Gasteiger partial charge in [-0.05, 0) is 35.7 Å². The quantitative estimate of drug-likeness (QED) is 0.630. The number of ether oxygens (including phenoxy) is 1. The molecule has 0 bridgehead atoms. The molecule has 154 valence electrons. The number of sulfonamides is 1. The number of halogens is 2. The summed E-state index contributed by atoms with van der Waals surface area (Å²) in [5.41, 5.74) is 2.23. The first-order chi connectivity index (χ1) is 13.8. The van der Waals surface area contributed by atoms with Gasteiger partial charge in [-0.25, -0.2) is 8.42 Å². The van der Waals surface area contributed by atoms with Crippen LogP contribution in [0.3, 0.4) is 0 Å². The molecule has 6 nitrogen and oxygen atoms in total. The molecule has 0 aliphatic carbocycles. The Bertz CT molecular complexity index is 1070. The van der Waals surface area contributed by atoms with Crippen molar-refractivity contribution in [2.24, 2.45) is 0 Å². The maximum atomic E-state index is 13.3. The van der Waals surface area contributed by atoms with E-state index in [1.165, 1.54) is 11.2 Å². The molecule has 1 fully saturated rings. The molecular formula is C20H20BrClN2O4S. The summed E-state index contributed by atoms with van der Waals surface area (Å²) in [7, 11) is -3.74. The predicted molar refractivity (Wildman–Crippen MR) is 115 cm³/mol. The minimum Gasteiger partial charge on any atom is -0.371 e. The third kappa shape index (κ3) is 3.96. The summed E-state index contributed by atoms with van der Waals surface area (Å²) in [5, 5.41) is 0.630. The van der Waals surface area contributed by atoms with E-state index in [0.717, 1.165) is 11.1 Å². The van der Waals surface area contributed by atoms with Crippen LogP contribution >= 0.6 is 27.5 Å². The third-order valence-electron chi connectivity index (χ3n) is 5.24. The highest BCUT2D eigenvalue weighted by atomic mass is 79.9. The van der Waals surface area contributed by atoms with Crippen molar-refractivity contribution in [3.63, 3.8) is 0 Å². The molecule has 0 spiro atoms. The maximum absolute atomic E-state index is 13.3. The number of amides is 1. The molecule has 1 saturated heterocycles. The molecule has 2 heterocycles. The molecule has 0 unspecified atom stereocenters. The number of fused-ring (bicyclic) bond motifs is 1. The molecule has 0 aromatic heterocycles. The molecule has 0 atom stereocenters. The highest BCUT2D eigenvalue weighted by Crippen LogP contribution is 2.39. The second kappa shape index (κ2) is 8.00. The van der Waals surface area contributed by atoms with Crippen LogP contribution in [0.4, 0.5) is 5.69 Å². The molecule has 1 amide bonds. The van der Waals surface area contributed by atoms with Crippen molar-refractivity contribution in [1.29, 1.82) is 0 Å². The van der Waals surface area contributed by atoms with Gasteiger partial charge in [0.1, 0.15) is 4.90 Å². The number of anilines is 1. The highest BCUT2D eigenvalue weighted by molar-refractivity contribution is 9.10. The van der Waals surface area contributed by atoms with Crippen molar-refractivity contribution >= 4 is 49.1 Å². The van der Waals surface area contributed by atoms with Crippen molar-refractivity contribution in [1.82, 2.24) is 4.31 Å². The largest absolute Gasteiger partial charge is 0.371 e. The summed E-state index contributed by atoms with van der Waals surface area (Å²) < 4.78 is 34.4. The Kier molecular flexibility index (Phi) is 5.74. The zero-order chi connectivity index (χ0) is 20.8. The van der Waals surface area contributed by atoms with Gasteiger partial charge in [0.2, 0.25) is 15.9 Å². The van der Waals surface area contributed by atoms with Crippen LogP contribution in [-0.4, -0.2) is 44.4 Å². The zero-order valence-corrected chi connectivity index (χ0v) is 18.9. The van der Waals surface area contributed by atoms with E-state index in [-0.39, 0.29) is 30.0 Å². The van der Waals surface area contributed by atoms with Crippen LogP contribution in [0.5, 0.6) is 0 Å². The van der Waals surface area contributed by atoms with Gasteiger partial charge in [0.25, 0.3) is 0 Å². The van der Waals surface area contributed by atoms with Crippen LogP contribution in [0.1, 0.15) is 18.1 Å². The Morgan fingerprint density at radius 2 is 2.00 bits per heavy atom. The summed E-state index contributed by atoms with van der Waals surface area (Å²) in [6.07, 6.45) is 0.450. The van der Waals surface area contributed by atoms with E-state index in [9.17, 15) is 13.2 Å². The Morgan fingerprint density at radius 1 is 1.28 bits per heavy atom. The van der Waals surface area contributed by atoms with Crippen LogP contribution in [0.25, 0.3) is 0 Å². The van der Waals surface area contributed by atoms with Crippen LogP contribution in [0.15, 0.2) is 45.8 Å². The lowest BCUT2D eigenvalue weighted by molar-refractivity contribution is -0.116. The second-order valence-electron chi connectivity index (χ2n) is 7.18. The van der Waals surface area contributed by atoms with Gasteiger partial charge in [-0.15, -0.1) is 0 Å². The lowest BCUT2D eigenvalue weighted by atomic mass is 10.2. The number of carbonyl (C=O) groups is 1. The monoisotopic (exact) mass is 498 g/mol. The summed E-state index contributed by atoms with van der Waals surface area (Å²) in [4.78, 5) is 13.7. The number of carbonyl (C=O) groups excluding carboxylic acids is 1. The zero-order valence-electron chi connectivity index (χ0n) is 15.8. The lowest BCUT2D eigenvalue weighted by Crippen LogP contribution is -2.54. The Hall–Kier alpha value is -1.45. The molecule has 29 heavy (non-hydrogen) atoms. The first-order valence-corrected chi connectivity index (χ1v) is 11.8. The van der Waals surface area contributed by atoms with Gasteiger partial charge in [0.15, 0.2) is 0 Å². The third-order valence-corrected chi connectivity index (χ3v) is 7.91. The SMILES string of the molecule is CC(=O)N1CCc2cc(Br)cc(S(=O)(=O)N3CC(OCc4ccccc4Cl)C3)c21. The number of rotatable bonds is 5.